The van der Waals surface area contributed by atoms with Gasteiger partial charge in [0, 0.05) is 23.7 Å². The molecule has 142 valence electrons. The number of fused-ring (bicyclic) bond motifs is 1. The highest BCUT2D eigenvalue weighted by molar-refractivity contribution is 7.80. The van der Waals surface area contributed by atoms with Gasteiger partial charge in [-0.15, -0.1) is 0 Å². The Kier molecular flexibility index (Phi) is 6.18. The Morgan fingerprint density at radius 3 is 2.25 bits per heavy atom. The minimum atomic E-state index is -0.262. The predicted octanol–water partition coefficient (Wildman–Crippen LogP) is 3.69. The predicted molar refractivity (Wildman–Crippen MR) is 115 cm³/mol. The summed E-state index contributed by atoms with van der Waals surface area (Å²) in [4.78, 5) is 23.1. The number of hydrogen-bond acceptors (Lipinski definition) is 4. The van der Waals surface area contributed by atoms with E-state index in [2.05, 4.69) is 16.0 Å². The van der Waals surface area contributed by atoms with Crippen molar-refractivity contribution < 1.29 is 14.3 Å². The number of thiocarbonyl (C=S) groups is 1. The summed E-state index contributed by atoms with van der Waals surface area (Å²) in [6.07, 6.45) is 0. The highest BCUT2D eigenvalue weighted by Crippen LogP contribution is 2.25. The first-order valence-electron chi connectivity index (χ1n) is 8.60. The lowest BCUT2D eigenvalue weighted by Crippen LogP contribution is -2.32. The summed E-state index contributed by atoms with van der Waals surface area (Å²) < 4.78 is 5.68. The van der Waals surface area contributed by atoms with Gasteiger partial charge in [0.25, 0.3) is 5.91 Å². The van der Waals surface area contributed by atoms with E-state index in [1.165, 1.54) is 6.92 Å². The zero-order valence-electron chi connectivity index (χ0n) is 15.2. The van der Waals surface area contributed by atoms with Gasteiger partial charge >= 0.3 is 0 Å². The first-order valence-corrected chi connectivity index (χ1v) is 9.01. The van der Waals surface area contributed by atoms with E-state index in [0.717, 1.165) is 10.8 Å². The van der Waals surface area contributed by atoms with Crippen LogP contribution in [0, 0.1) is 0 Å². The fourth-order valence-electron chi connectivity index (χ4n) is 2.62. The highest BCUT2D eigenvalue weighted by Gasteiger charge is 2.07. The third-order valence-electron chi connectivity index (χ3n) is 3.82. The van der Waals surface area contributed by atoms with Gasteiger partial charge in [0.15, 0.2) is 11.7 Å². The Hall–Kier alpha value is -3.45. The molecule has 0 saturated heterocycles. The second-order valence-corrected chi connectivity index (χ2v) is 6.44. The normalized spacial score (nSPS) is 10.2. The van der Waals surface area contributed by atoms with E-state index in [9.17, 15) is 9.59 Å². The molecule has 3 aromatic carbocycles. The van der Waals surface area contributed by atoms with Crippen LogP contribution in [0.2, 0.25) is 0 Å². The Labute approximate surface area is 167 Å². The van der Waals surface area contributed by atoms with Gasteiger partial charge < -0.3 is 20.7 Å². The number of anilines is 2. The molecular formula is C21H19N3O3S. The SMILES string of the molecule is CC(=O)NC(=S)Nc1ccc(NC(=O)COc2cccc3ccccc23)cc1. The molecule has 3 aromatic rings. The van der Waals surface area contributed by atoms with Crippen molar-refractivity contribution in [2.45, 2.75) is 6.92 Å². The topological polar surface area (TPSA) is 79.5 Å². The van der Waals surface area contributed by atoms with E-state index in [0.29, 0.717) is 17.1 Å². The Balaban J connectivity index is 1.54. The Morgan fingerprint density at radius 1 is 0.893 bits per heavy atom. The fraction of sp³-hybridized carbons (Fsp3) is 0.0952. The van der Waals surface area contributed by atoms with Crippen LogP contribution in [0.3, 0.4) is 0 Å². The van der Waals surface area contributed by atoms with Crippen molar-refractivity contribution in [3.05, 3.63) is 66.7 Å². The van der Waals surface area contributed by atoms with Crippen molar-refractivity contribution in [1.82, 2.24) is 5.32 Å². The zero-order chi connectivity index (χ0) is 19.9. The maximum absolute atomic E-state index is 12.2. The van der Waals surface area contributed by atoms with Crippen molar-refractivity contribution in [3.8, 4) is 5.75 Å². The third-order valence-corrected chi connectivity index (χ3v) is 4.03. The molecule has 0 radical (unpaired) electrons. The molecule has 0 aliphatic rings. The molecule has 0 saturated carbocycles. The number of benzene rings is 3. The largest absolute Gasteiger partial charge is 0.483 e. The van der Waals surface area contributed by atoms with Gasteiger partial charge in [0.2, 0.25) is 5.91 Å². The Morgan fingerprint density at radius 2 is 1.54 bits per heavy atom. The summed E-state index contributed by atoms with van der Waals surface area (Å²) in [6.45, 7) is 1.29. The van der Waals surface area contributed by atoms with Crippen LogP contribution in [0.5, 0.6) is 5.75 Å². The molecule has 2 amide bonds. The standard InChI is InChI=1S/C21H19N3O3S/c1-14(25)22-21(28)24-17-11-9-16(10-12-17)23-20(26)13-27-19-8-4-6-15-5-2-3-7-18(15)19/h2-12H,13H2,1H3,(H,23,26)(H2,22,24,25,28). The van der Waals surface area contributed by atoms with Crippen LogP contribution >= 0.6 is 12.2 Å². The number of hydrogen-bond donors (Lipinski definition) is 3. The lowest BCUT2D eigenvalue weighted by Gasteiger charge is -2.11. The van der Waals surface area contributed by atoms with Crippen molar-refractivity contribution in [1.29, 1.82) is 0 Å². The summed E-state index contributed by atoms with van der Waals surface area (Å²) in [5, 5.41) is 10.4. The summed E-state index contributed by atoms with van der Waals surface area (Å²) in [6, 6.07) is 20.5. The number of ether oxygens (including phenoxy) is 1. The van der Waals surface area contributed by atoms with Gasteiger partial charge in [0.1, 0.15) is 5.75 Å². The molecule has 0 aromatic heterocycles. The van der Waals surface area contributed by atoms with Gasteiger partial charge in [-0.3, -0.25) is 9.59 Å². The van der Waals surface area contributed by atoms with E-state index in [1.54, 1.807) is 24.3 Å². The van der Waals surface area contributed by atoms with E-state index >= 15 is 0 Å². The van der Waals surface area contributed by atoms with Crippen LogP contribution in [-0.4, -0.2) is 23.5 Å². The van der Waals surface area contributed by atoms with E-state index < -0.39 is 0 Å². The first-order chi connectivity index (χ1) is 13.5. The lowest BCUT2D eigenvalue weighted by molar-refractivity contribution is -0.118. The van der Waals surface area contributed by atoms with Gasteiger partial charge in [0.05, 0.1) is 0 Å². The van der Waals surface area contributed by atoms with Crippen LogP contribution in [0.1, 0.15) is 6.92 Å². The molecule has 0 bridgehead atoms. The molecule has 3 rings (SSSR count). The maximum atomic E-state index is 12.2. The van der Waals surface area contributed by atoms with Gasteiger partial charge in [-0.05, 0) is 47.9 Å². The monoisotopic (exact) mass is 393 g/mol. The third kappa shape index (κ3) is 5.28. The molecule has 0 aliphatic heterocycles. The fourth-order valence-corrected chi connectivity index (χ4v) is 2.88. The van der Waals surface area contributed by atoms with Crippen molar-refractivity contribution in [3.63, 3.8) is 0 Å². The average molecular weight is 393 g/mol. The summed E-state index contributed by atoms with van der Waals surface area (Å²) in [5.74, 6) is 0.161. The molecule has 3 N–H and O–H groups in total. The van der Waals surface area contributed by atoms with Crippen LogP contribution in [-0.2, 0) is 9.59 Å². The van der Waals surface area contributed by atoms with Crippen molar-refractivity contribution in [2.24, 2.45) is 0 Å². The number of carbonyl (C=O) groups excluding carboxylic acids is 2. The number of amides is 2. The number of nitrogens with one attached hydrogen (secondary N) is 3. The molecular weight excluding hydrogens is 374 g/mol. The molecule has 0 atom stereocenters. The average Bonchev–Trinajstić information content (AvgIpc) is 2.67. The molecule has 28 heavy (non-hydrogen) atoms. The lowest BCUT2D eigenvalue weighted by atomic mass is 10.1. The molecule has 0 heterocycles. The van der Waals surface area contributed by atoms with Crippen molar-refractivity contribution in [2.75, 3.05) is 17.2 Å². The quantitative estimate of drug-likeness (QED) is 0.576. The summed E-state index contributed by atoms with van der Waals surface area (Å²) >= 11 is 5.00. The molecule has 0 aliphatic carbocycles. The molecule has 7 heteroatoms. The number of rotatable bonds is 5. The summed E-state index contributed by atoms with van der Waals surface area (Å²) in [5.41, 5.74) is 1.33. The van der Waals surface area contributed by atoms with Gasteiger partial charge in [-0.2, -0.15) is 0 Å². The van der Waals surface area contributed by atoms with Crippen LogP contribution < -0.4 is 20.7 Å². The van der Waals surface area contributed by atoms with Gasteiger partial charge in [-0.1, -0.05) is 36.4 Å². The van der Waals surface area contributed by atoms with Crippen LogP contribution in [0.15, 0.2) is 66.7 Å². The molecule has 0 unspecified atom stereocenters. The first kappa shape index (κ1) is 19.3. The van der Waals surface area contributed by atoms with E-state index in [4.69, 9.17) is 17.0 Å². The second-order valence-electron chi connectivity index (χ2n) is 6.03. The van der Waals surface area contributed by atoms with E-state index in [1.807, 2.05) is 42.5 Å². The smallest absolute Gasteiger partial charge is 0.262 e. The molecule has 6 nitrogen and oxygen atoms in total. The molecule has 0 fully saturated rings. The van der Waals surface area contributed by atoms with Gasteiger partial charge in [-0.25, -0.2) is 0 Å². The van der Waals surface area contributed by atoms with E-state index in [-0.39, 0.29) is 23.5 Å². The maximum Gasteiger partial charge on any atom is 0.262 e. The second kappa shape index (κ2) is 8.96. The number of carbonyl (C=O) groups is 2. The highest BCUT2D eigenvalue weighted by atomic mass is 32.1. The zero-order valence-corrected chi connectivity index (χ0v) is 16.0. The minimum absolute atomic E-state index is 0.0966. The molecule has 0 spiro atoms. The van der Waals surface area contributed by atoms with Crippen LogP contribution in [0.25, 0.3) is 10.8 Å². The minimum Gasteiger partial charge on any atom is -0.483 e. The Bertz CT molecular complexity index is 1010. The van der Waals surface area contributed by atoms with Crippen LogP contribution in [0.4, 0.5) is 11.4 Å². The summed E-state index contributed by atoms with van der Waals surface area (Å²) in [7, 11) is 0. The van der Waals surface area contributed by atoms with Crippen molar-refractivity contribution >= 4 is 51.3 Å².